The van der Waals surface area contributed by atoms with Gasteiger partial charge in [-0.25, -0.2) is 8.78 Å². The van der Waals surface area contributed by atoms with Crippen molar-refractivity contribution in [3.8, 4) is 0 Å². The van der Waals surface area contributed by atoms with E-state index >= 15 is 0 Å². The molecule has 0 amide bonds. The zero-order valence-electron chi connectivity index (χ0n) is 10.0. The normalized spacial score (nSPS) is 35.4. The number of ether oxygens (including phenoxy) is 1. The summed E-state index contributed by atoms with van der Waals surface area (Å²) in [5.74, 6) is -4.69. The van der Waals surface area contributed by atoms with Gasteiger partial charge in [-0.3, -0.25) is 4.79 Å². The second-order valence-electron chi connectivity index (χ2n) is 4.87. The molecule has 1 saturated heterocycles. The Kier molecular flexibility index (Phi) is 3.66. The molecule has 3 nitrogen and oxygen atoms in total. The number of nitrogens with one attached hydrogen (secondary N) is 1. The van der Waals surface area contributed by atoms with Crippen molar-refractivity contribution in [3.63, 3.8) is 0 Å². The zero-order chi connectivity index (χ0) is 12.5. The fourth-order valence-corrected chi connectivity index (χ4v) is 2.81. The molecule has 1 saturated carbocycles. The highest BCUT2D eigenvalue weighted by Gasteiger charge is 2.70. The maximum Gasteiger partial charge on any atom is 0.306 e. The van der Waals surface area contributed by atoms with Crippen LogP contribution in [0.1, 0.15) is 32.6 Å². The molecule has 3 unspecified atom stereocenters. The number of alkyl halides is 2. The maximum atomic E-state index is 13.6. The quantitative estimate of drug-likeness (QED) is 0.772. The first kappa shape index (κ1) is 12.7. The summed E-state index contributed by atoms with van der Waals surface area (Å²) >= 11 is 0. The summed E-state index contributed by atoms with van der Waals surface area (Å²) in [5.41, 5.74) is 0. The fraction of sp³-hybridized carbons (Fsp3) is 0.917. The molecule has 1 N–H and O–H groups in total. The summed E-state index contributed by atoms with van der Waals surface area (Å²) in [6.45, 7) is 2.75. The molecule has 2 fully saturated rings. The Labute approximate surface area is 99.9 Å². The molecule has 0 aromatic heterocycles. The first-order chi connectivity index (χ1) is 8.07. The number of hydrogen-bond donors (Lipinski definition) is 1. The Hall–Kier alpha value is -0.710. The largest absolute Gasteiger partial charge is 0.466 e. The van der Waals surface area contributed by atoms with Crippen molar-refractivity contribution in [1.29, 1.82) is 0 Å². The number of piperidine rings is 1. The Morgan fingerprint density at radius 2 is 2.24 bits per heavy atom. The standard InChI is InChI=1S/C12H19F2NO2/c1-2-17-10(16)7-8-11(12(8,13)14)9-5-3-4-6-15-9/h8-9,11,15H,2-7H2,1H3. The SMILES string of the molecule is CCOC(=O)CC1C(C2CCCCN2)C1(F)F. The molecule has 1 aliphatic heterocycles. The van der Waals surface area contributed by atoms with Crippen LogP contribution in [0, 0.1) is 11.8 Å². The van der Waals surface area contributed by atoms with Crippen LogP contribution in [0.5, 0.6) is 0 Å². The van der Waals surface area contributed by atoms with Crippen LogP contribution >= 0.6 is 0 Å². The van der Waals surface area contributed by atoms with E-state index in [1.807, 2.05) is 0 Å². The van der Waals surface area contributed by atoms with Gasteiger partial charge in [-0.05, 0) is 26.3 Å². The molecule has 17 heavy (non-hydrogen) atoms. The highest BCUT2D eigenvalue weighted by molar-refractivity contribution is 5.70. The lowest BCUT2D eigenvalue weighted by Crippen LogP contribution is -2.37. The van der Waals surface area contributed by atoms with E-state index in [0.717, 1.165) is 25.8 Å². The van der Waals surface area contributed by atoms with Gasteiger partial charge in [-0.1, -0.05) is 6.42 Å². The smallest absolute Gasteiger partial charge is 0.306 e. The lowest BCUT2D eigenvalue weighted by Gasteiger charge is -2.23. The Bertz CT molecular complexity index is 290. The van der Waals surface area contributed by atoms with Gasteiger partial charge in [0.1, 0.15) is 0 Å². The third kappa shape index (κ3) is 2.59. The van der Waals surface area contributed by atoms with E-state index in [2.05, 4.69) is 5.32 Å². The van der Waals surface area contributed by atoms with E-state index in [-0.39, 0.29) is 19.1 Å². The minimum atomic E-state index is -2.69. The summed E-state index contributed by atoms with van der Waals surface area (Å²) in [6, 6.07) is -0.127. The third-order valence-electron chi connectivity index (χ3n) is 3.74. The lowest BCUT2D eigenvalue weighted by atomic mass is 9.99. The second-order valence-corrected chi connectivity index (χ2v) is 4.87. The molecule has 0 radical (unpaired) electrons. The first-order valence-corrected chi connectivity index (χ1v) is 6.34. The average molecular weight is 247 g/mol. The number of carbonyl (C=O) groups is 1. The van der Waals surface area contributed by atoms with E-state index in [4.69, 9.17) is 4.74 Å². The van der Waals surface area contributed by atoms with Crippen LogP contribution in [0.3, 0.4) is 0 Å². The molecule has 2 aliphatic rings. The Morgan fingerprint density at radius 3 is 2.82 bits per heavy atom. The van der Waals surface area contributed by atoms with Gasteiger partial charge in [0.15, 0.2) is 0 Å². The topological polar surface area (TPSA) is 38.3 Å². The molecule has 98 valence electrons. The number of halogens is 2. The van der Waals surface area contributed by atoms with E-state index in [0.29, 0.717) is 0 Å². The molecule has 2 rings (SSSR count). The van der Waals surface area contributed by atoms with Crippen LogP contribution in [0.2, 0.25) is 0 Å². The molecule has 0 bridgehead atoms. The Morgan fingerprint density at radius 1 is 1.47 bits per heavy atom. The van der Waals surface area contributed by atoms with Crippen LogP contribution < -0.4 is 5.32 Å². The summed E-state index contributed by atoms with van der Waals surface area (Å²) in [7, 11) is 0. The van der Waals surface area contributed by atoms with Crippen molar-refractivity contribution >= 4 is 5.97 Å². The van der Waals surface area contributed by atoms with Crippen molar-refractivity contribution in [3.05, 3.63) is 0 Å². The van der Waals surface area contributed by atoms with E-state index < -0.39 is 23.7 Å². The monoisotopic (exact) mass is 247 g/mol. The van der Waals surface area contributed by atoms with E-state index in [1.54, 1.807) is 6.92 Å². The summed E-state index contributed by atoms with van der Waals surface area (Å²) < 4.78 is 31.9. The van der Waals surface area contributed by atoms with E-state index in [1.165, 1.54) is 0 Å². The summed E-state index contributed by atoms with van der Waals surface area (Å²) in [5, 5.41) is 3.14. The molecule has 0 spiro atoms. The molecule has 0 aromatic carbocycles. The Balaban J connectivity index is 1.88. The molecule has 1 aliphatic carbocycles. The molecule has 5 heteroatoms. The van der Waals surface area contributed by atoms with Crippen molar-refractivity contribution in [2.24, 2.45) is 11.8 Å². The van der Waals surface area contributed by atoms with Crippen LogP contribution in [0.25, 0.3) is 0 Å². The molecule has 1 heterocycles. The van der Waals surface area contributed by atoms with Gasteiger partial charge < -0.3 is 10.1 Å². The average Bonchev–Trinajstić information content (AvgIpc) is 2.82. The number of carbonyl (C=O) groups excluding carboxylic acids is 1. The van der Waals surface area contributed by atoms with Crippen LogP contribution in [-0.2, 0) is 9.53 Å². The van der Waals surface area contributed by atoms with Gasteiger partial charge in [0.05, 0.1) is 13.0 Å². The van der Waals surface area contributed by atoms with Crippen molar-refractivity contribution in [2.45, 2.75) is 44.6 Å². The molecular weight excluding hydrogens is 228 g/mol. The van der Waals surface area contributed by atoms with Crippen LogP contribution in [0.4, 0.5) is 8.78 Å². The third-order valence-corrected chi connectivity index (χ3v) is 3.74. The zero-order valence-corrected chi connectivity index (χ0v) is 10.0. The van der Waals surface area contributed by atoms with Gasteiger partial charge in [0, 0.05) is 17.9 Å². The maximum absolute atomic E-state index is 13.6. The predicted octanol–water partition coefficient (Wildman–Crippen LogP) is 1.96. The molecular formula is C12H19F2NO2. The molecule has 0 aromatic rings. The van der Waals surface area contributed by atoms with Crippen molar-refractivity contribution in [1.82, 2.24) is 5.32 Å². The van der Waals surface area contributed by atoms with Gasteiger partial charge in [0.2, 0.25) is 0 Å². The van der Waals surface area contributed by atoms with Gasteiger partial charge >= 0.3 is 5.97 Å². The number of hydrogen-bond acceptors (Lipinski definition) is 3. The second kappa shape index (κ2) is 4.88. The van der Waals surface area contributed by atoms with Crippen LogP contribution in [0.15, 0.2) is 0 Å². The number of rotatable bonds is 4. The minimum Gasteiger partial charge on any atom is -0.466 e. The van der Waals surface area contributed by atoms with Gasteiger partial charge in [-0.2, -0.15) is 0 Å². The minimum absolute atomic E-state index is 0.127. The predicted molar refractivity (Wildman–Crippen MR) is 58.8 cm³/mol. The first-order valence-electron chi connectivity index (χ1n) is 6.34. The van der Waals surface area contributed by atoms with Crippen molar-refractivity contribution < 1.29 is 18.3 Å². The van der Waals surface area contributed by atoms with Crippen LogP contribution in [-0.4, -0.2) is 31.1 Å². The van der Waals surface area contributed by atoms with Gasteiger partial charge in [0.25, 0.3) is 5.92 Å². The fourth-order valence-electron chi connectivity index (χ4n) is 2.81. The van der Waals surface area contributed by atoms with E-state index in [9.17, 15) is 13.6 Å². The summed E-state index contributed by atoms with van der Waals surface area (Å²) in [6.07, 6.45) is 2.69. The van der Waals surface area contributed by atoms with Gasteiger partial charge in [-0.15, -0.1) is 0 Å². The summed E-state index contributed by atoms with van der Waals surface area (Å²) in [4.78, 5) is 11.2. The number of esters is 1. The molecule has 3 atom stereocenters. The highest BCUT2D eigenvalue weighted by atomic mass is 19.3. The lowest BCUT2D eigenvalue weighted by molar-refractivity contribution is -0.144. The highest BCUT2D eigenvalue weighted by Crippen LogP contribution is 2.59. The van der Waals surface area contributed by atoms with Crippen molar-refractivity contribution in [2.75, 3.05) is 13.2 Å².